The van der Waals surface area contributed by atoms with Crippen molar-refractivity contribution in [3.63, 3.8) is 0 Å². The van der Waals surface area contributed by atoms with Gasteiger partial charge < -0.3 is 15.2 Å². The molecule has 3 amide bonds. The molecule has 236 valence electrons. The molecule has 1 fully saturated rings. The summed E-state index contributed by atoms with van der Waals surface area (Å²) in [6, 6.07) is 14.6. The van der Waals surface area contributed by atoms with Crippen LogP contribution >= 0.6 is 11.3 Å². The highest BCUT2D eigenvalue weighted by Gasteiger charge is 2.24. The summed E-state index contributed by atoms with van der Waals surface area (Å²) in [7, 11) is 0. The first kappa shape index (κ1) is 30.9. The number of rotatable bonds is 10. The predicted molar refractivity (Wildman–Crippen MR) is 177 cm³/mol. The van der Waals surface area contributed by atoms with Gasteiger partial charge in [0.2, 0.25) is 5.91 Å². The number of thiazole rings is 1. The van der Waals surface area contributed by atoms with E-state index >= 15 is 0 Å². The van der Waals surface area contributed by atoms with Crippen LogP contribution in [0.25, 0.3) is 16.1 Å². The average Bonchev–Trinajstić information content (AvgIpc) is 3.78. The van der Waals surface area contributed by atoms with Crippen LogP contribution < -0.4 is 20.3 Å². The van der Waals surface area contributed by atoms with Gasteiger partial charge in [-0.2, -0.15) is 5.10 Å². The number of urea groups is 1. The Labute approximate surface area is 270 Å². The summed E-state index contributed by atoms with van der Waals surface area (Å²) in [4.78, 5) is 40.6. The van der Waals surface area contributed by atoms with Crippen molar-refractivity contribution in [2.24, 2.45) is 5.92 Å². The summed E-state index contributed by atoms with van der Waals surface area (Å²) < 4.78 is 7.49. The first-order valence-electron chi connectivity index (χ1n) is 15.0. The molecule has 1 aliphatic rings. The van der Waals surface area contributed by atoms with E-state index in [0.29, 0.717) is 36.1 Å². The summed E-state index contributed by atoms with van der Waals surface area (Å²) in [6.07, 6.45) is 6.89. The number of nitrogens with zero attached hydrogens (tertiary/aromatic N) is 6. The number of carbonyl (C=O) groups excluding carboxylic acids is 2. The zero-order valence-electron chi connectivity index (χ0n) is 25.7. The van der Waals surface area contributed by atoms with E-state index in [9.17, 15) is 14.7 Å². The minimum Gasteiger partial charge on any atom is -0.424 e. The molecule has 0 aliphatic carbocycles. The molecule has 0 spiro atoms. The van der Waals surface area contributed by atoms with Crippen LogP contribution in [-0.2, 0) is 17.8 Å². The number of amides is 3. The second kappa shape index (κ2) is 13.5. The average molecular weight is 639 g/mol. The van der Waals surface area contributed by atoms with Gasteiger partial charge in [0.25, 0.3) is 0 Å². The maximum Gasteiger partial charge on any atom is 0.324 e. The molecular weight excluding hydrogens is 604 g/mol. The van der Waals surface area contributed by atoms with Crippen LogP contribution in [0.5, 0.6) is 11.8 Å². The van der Waals surface area contributed by atoms with Gasteiger partial charge in [0, 0.05) is 25.2 Å². The molecule has 3 aromatic heterocycles. The number of carbonyl (C=O) groups is 2. The van der Waals surface area contributed by atoms with Crippen LogP contribution in [0.1, 0.15) is 43.5 Å². The molecule has 0 atom stereocenters. The Morgan fingerprint density at radius 2 is 1.83 bits per heavy atom. The molecule has 0 saturated carbocycles. The quantitative estimate of drug-likeness (QED) is 0.160. The normalized spacial score (nSPS) is 13.0. The van der Waals surface area contributed by atoms with Crippen LogP contribution in [0.3, 0.4) is 0 Å². The van der Waals surface area contributed by atoms with Crippen molar-refractivity contribution in [3.8, 4) is 27.9 Å². The van der Waals surface area contributed by atoms with Crippen LogP contribution in [0.2, 0.25) is 0 Å². The Morgan fingerprint density at radius 3 is 2.50 bits per heavy atom. The van der Waals surface area contributed by atoms with Gasteiger partial charge in [-0.25, -0.2) is 24.4 Å². The van der Waals surface area contributed by atoms with E-state index in [-0.39, 0.29) is 18.5 Å². The van der Waals surface area contributed by atoms with Crippen LogP contribution in [0.4, 0.5) is 21.4 Å². The number of hydrogen-bond donors (Lipinski definition) is 3. The number of aliphatic hydroxyl groups is 1. The molecule has 1 saturated heterocycles. The number of ether oxygens (including phenoxy) is 1. The molecule has 46 heavy (non-hydrogen) atoms. The largest absolute Gasteiger partial charge is 0.424 e. The fourth-order valence-corrected chi connectivity index (χ4v) is 6.07. The van der Waals surface area contributed by atoms with Gasteiger partial charge in [-0.3, -0.25) is 15.0 Å². The number of aliphatic hydroxyl groups excluding tert-OH is 1. The minimum absolute atomic E-state index is 0.0480. The standard InChI is InChI=1S/C33H34N8O4S/c1-20(2)13-24-15-29(41(39-24)26-9-6-23(19-42)21(3)14-26)38-31(44)37-25-16-34-32(35-17-25)45-27-10-7-22(8-11-27)28-18-36-33(46-28)40-12-4-5-30(40)43/h6-11,14-18,20,42H,4-5,12-13,19H2,1-3H3,(H2,37,38,44). The Kier molecular flexibility index (Phi) is 9.04. The highest BCUT2D eigenvalue weighted by molar-refractivity contribution is 7.19. The predicted octanol–water partition coefficient (Wildman–Crippen LogP) is 6.35. The summed E-state index contributed by atoms with van der Waals surface area (Å²) in [5.74, 6) is 1.56. The summed E-state index contributed by atoms with van der Waals surface area (Å²) in [6.45, 7) is 6.81. The van der Waals surface area contributed by atoms with Crippen LogP contribution in [0.15, 0.2) is 67.1 Å². The third-order valence-electron chi connectivity index (χ3n) is 7.39. The topological polar surface area (TPSA) is 147 Å². The maximum atomic E-state index is 13.0. The smallest absolute Gasteiger partial charge is 0.324 e. The number of nitrogens with one attached hydrogen (secondary N) is 2. The van der Waals surface area contributed by atoms with Gasteiger partial charge >= 0.3 is 12.0 Å². The third kappa shape index (κ3) is 7.05. The number of aryl methyl sites for hydroxylation is 1. The van der Waals surface area contributed by atoms with E-state index in [1.165, 1.54) is 23.7 Å². The van der Waals surface area contributed by atoms with E-state index in [2.05, 4.69) is 39.4 Å². The van der Waals surface area contributed by atoms with Crippen molar-refractivity contribution >= 4 is 39.9 Å². The first-order chi connectivity index (χ1) is 22.2. The highest BCUT2D eigenvalue weighted by Crippen LogP contribution is 2.34. The zero-order valence-corrected chi connectivity index (χ0v) is 26.5. The van der Waals surface area contributed by atoms with E-state index in [1.807, 2.05) is 55.5 Å². The molecule has 2 aromatic carbocycles. The van der Waals surface area contributed by atoms with Gasteiger partial charge in [0.05, 0.1) is 40.9 Å². The highest BCUT2D eigenvalue weighted by atomic mass is 32.1. The van der Waals surface area contributed by atoms with E-state index in [0.717, 1.165) is 50.9 Å². The van der Waals surface area contributed by atoms with E-state index in [4.69, 9.17) is 9.84 Å². The fraction of sp³-hybridized carbons (Fsp3) is 0.273. The van der Waals surface area contributed by atoms with E-state index < -0.39 is 6.03 Å². The molecule has 13 heteroatoms. The lowest BCUT2D eigenvalue weighted by atomic mass is 10.1. The van der Waals surface area contributed by atoms with Crippen molar-refractivity contribution in [1.82, 2.24) is 24.7 Å². The number of hydrogen-bond acceptors (Lipinski definition) is 9. The lowest BCUT2D eigenvalue weighted by Crippen LogP contribution is -2.23. The van der Waals surface area contributed by atoms with Gasteiger partial charge in [-0.1, -0.05) is 31.3 Å². The monoisotopic (exact) mass is 638 g/mol. The number of aromatic nitrogens is 5. The molecule has 0 radical (unpaired) electrons. The van der Waals surface area contributed by atoms with E-state index in [1.54, 1.807) is 15.8 Å². The second-order valence-corrected chi connectivity index (χ2v) is 12.4. The van der Waals surface area contributed by atoms with Gasteiger partial charge in [0.1, 0.15) is 11.6 Å². The Hall–Kier alpha value is -5.14. The van der Waals surface area contributed by atoms with Crippen LogP contribution in [0, 0.1) is 12.8 Å². The molecule has 1 aliphatic heterocycles. The Balaban J connectivity index is 1.08. The van der Waals surface area contributed by atoms with Crippen molar-refractivity contribution < 1.29 is 19.4 Å². The number of anilines is 3. The molecule has 3 N–H and O–H groups in total. The van der Waals surface area contributed by atoms with Crippen molar-refractivity contribution in [3.05, 3.63) is 83.9 Å². The second-order valence-electron chi connectivity index (χ2n) is 11.4. The lowest BCUT2D eigenvalue weighted by Gasteiger charge is -2.12. The Morgan fingerprint density at radius 1 is 1.04 bits per heavy atom. The first-order valence-corrected chi connectivity index (χ1v) is 15.8. The summed E-state index contributed by atoms with van der Waals surface area (Å²) >= 11 is 1.48. The van der Waals surface area contributed by atoms with Gasteiger partial charge in [0.15, 0.2) is 5.13 Å². The maximum absolute atomic E-state index is 13.0. The molecule has 5 aromatic rings. The summed E-state index contributed by atoms with van der Waals surface area (Å²) in [5, 5.41) is 20.6. The van der Waals surface area contributed by atoms with Crippen molar-refractivity contribution in [1.29, 1.82) is 0 Å². The SMILES string of the molecule is Cc1cc(-n2nc(CC(C)C)cc2NC(=O)Nc2cnc(Oc3ccc(-c4cnc(N5CCCC5=O)s4)cc3)nc2)ccc1CO. The third-order valence-corrected chi connectivity index (χ3v) is 8.46. The molecule has 0 unspecified atom stereocenters. The molecule has 4 heterocycles. The number of benzene rings is 2. The van der Waals surface area contributed by atoms with Gasteiger partial charge in [-0.15, -0.1) is 0 Å². The Bertz CT molecular complexity index is 1850. The lowest BCUT2D eigenvalue weighted by molar-refractivity contribution is -0.117. The van der Waals surface area contributed by atoms with Crippen molar-refractivity contribution in [2.75, 3.05) is 22.1 Å². The zero-order chi connectivity index (χ0) is 32.2. The van der Waals surface area contributed by atoms with Crippen molar-refractivity contribution in [2.45, 2.75) is 46.6 Å². The summed E-state index contributed by atoms with van der Waals surface area (Å²) in [5.41, 5.74) is 4.72. The molecule has 12 nitrogen and oxygen atoms in total. The minimum atomic E-state index is -0.478. The van der Waals surface area contributed by atoms with Gasteiger partial charge in [-0.05, 0) is 78.8 Å². The molecule has 0 bridgehead atoms. The molecular formula is C33H34N8O4S. The van der Waals surface area contributed by atoms with Crippen LogP contribution in [-0.4, -0.2) is 48.3 Å². The molecule has 6 rings (SSSR count). The fourth-order valence-electron chi connectivity index (χ4n) is 5.10.